The molecule has 0 atom stereocenters. The van der Waals surface area contributed by atoms with E-state index in [1.165, 1.54) is 25.1 Å². The number of rotatable bonds is 4. The number of halogens is 3. The molecule has 8 heteroatoms. The molecule has 0 spiro atoms. The first-order chi connectivity index (χ1) is 12.3. The zero-order valence-corrected chi connectivity index (χ0v) is 13.7. The Morgan fingerprint density at radius 1 is 1.12 bits per heavy atom. The third-order valence-electron chi connectivity index (χ3n) is 3.64. The second-order valence-corrected chi connectivity index (χ2v) is 5.57. The molecule has 0 unspecified atom stereocenters. The summed E-state index contributed by atoms with van der Waals surface area (Å²) in [5, 5.41) is 6.35. The summed E-state index contributed by atoms with van der Waals surface area (Å²) in [4.78, 5) is 15.0. The topological polar surface area (TPSA) is 68.0 Å². The van der Waals surface area contributed by atoms with Crippen LogP contribution in [0, 0.1) is 0 Å². The number of carbonyl (C=O) groups is 1. The van der Waals surface area contributed by atoms with Gasteiger partial charge in [-0.3, -0.25) is 4.79 Å². The summed E-state index contributed by atoms with van der Waals surface area (Å²) in [7, 11) is 0. The molecule has 134 valence electrons. The maximum atomic E-state index is 13.1. The molecule has 1 aromatic heterocycles. The Morgan fingerprint density at radius 2 is 1.81 bits per heavy atom. The van der Waals surface area contributed by atoms with E-state index in [4.69, 9.17) is 4.52 Å². The molecule has 3 aromatic rings. The van der Waals surface area contributed by atoms with Gasteiger partial charge in [0.05, 0.1) is 5.56 Å². The molecule has 2 aromatic carbocycles. The predicted molar refractivity (Wildman–Crippen MR) is 87.7 cm³/mol. The Morgan fingerprint density at radius 3 is 2.46 bits per heavy atom. The summed E-state index contributed by atoms with van der Waals surface area (Å²) in [5.41, 5.74) is 0.473. The third kappa shape index (κ3) is 3.90. The van der Waals surface area contributed by atoms with Crippen molar-refractivity contribution >= 4 is 5.91 Å². The van der Waals surface area contributed by atoms with Crippen molar-refractivity contribution in [3.05, 3.63) is 59.7 Å². The van der Waals surface area contributed by atoms with Crippen LogP contribution in [0.3, 0.4) is 0 Å². The molecule has 26 heavy (non-hydrogen) atoms. The van der Waals surface area contributed by atoms with Gasteiger partial charge in [-0.1, -0.05) is 35.5 Å². The molecule has 0 aliphatic rings. The van der Waals surface area contributed by atoms with E-state index in [1.54, 1.807) is 24.3 Å². The zero-order chi connectivity index (χ0) is 18.7. The lowest BCUT2D eigenvalue weighted by molar-refractivity contribution is -0.137. The van der Waals surface area contributed by atoms with Crippen LogP contribution in [0.25, 0.3) is 22.8 Å². The van der Waals surface area contributed by atoms with Crippen molar-refractivity contribution in [3.8, 4) is 22.8 Å². The second kappa shape index (κ2) is 6.99. The fraction of sp³-hybridized carbons (Fsp3) is 0.167. The van der Waals surface area contributed by atoms with Crippen LogP contribution in [-0.4, -0.2) is 16.0 Å². The smallest absolute Gasteiger partial charge is 0.352 e. The van der Waals surface area contributed by atoms with Crippen molar-refractivity contribution in [1.82, 2.24) is 15.5 Å². The van der Waals surface area contributed by atoms with E-state index in [1.807, 2.05) is 0 Å². The van der Waals surface area contributed by atoms with Gasteiger partial charge < -0.3 is 9.84 Å². The summed E-state index contributed by atoms with van der Waals surface area (Å²) >= 11 is 0. The minimum atomic E-state index is -4.51. The highest BCUT2D eigenvalue weighted by molar-refractivity contribution is 5.72. The Balaban J connectivity index is 1.86. The van der Waals surface area contributed by atoms with E-state index in [2.05, 4.69) is 15.5 Å². The van der Waals surface area contributed by atoms with Gasteiger partial charge in [0.2, 0.25) is 11.7 Å². The number of aromatic nitrogens is 2. The minimum Gasteiger partial charge on any atom is -0.352 e. The lowest BCUT2D eigenvalue weighted by Gasteiger charge is -2.09. The second-order valence-electron chi connectivity index (χ2n) is 5.57. The SMILES string of the molecule is CC(=O)NCc1ccc(-c2nc(-c3ccccc3C(F)(F)F)no2)cc1. The molecule has 3 rings (SSSR count). The van der Waals surface area contributed by atoms with Crippen molar-refractivity contribution in [3.63, 3.8) is 0 Å². The van der Waals surface area contributed by atoms with Gasteiger partial charge in [0.1, 0.15) is 0 Å². The number of alkyl halides is 3. The first-order valence-electron chi connectivity index (χ1n) is 7.68. The molecule has 0 saturated heterocycles. The maximum Gasteiger partial charge on any atom is 0.417 e. The van der Waals surface area contributed by atoms with E-state index < -0.39 is 11.7 Å². The third-order valence-corrected chi connectivity index (χ3v) is 3.64. The van der Waals surface area contributed by atoms with Crippen molar-refractivity contribution < 1.29 is 22.5 Å². The molecule has 0 aliphatic carbocycles. The molecule has 0 aliphatic heterocycles. The van der Waals surface area contributed by atoms with Gasteiger partial charge in [0, 0.05) is 24.6 Å². The molecular formula is C18H14F3N3O2. The van der Waals surface area contributed by atoms with Crippen molar-refractivity contribution in [2.75, 3.05) is 0 Å². The van der Waals surface area contributed by atoms with Gasteiger partial charge in [0.15, 0.2) is 0 Å². The molecule has 1 amide bonds. The Kier molecular flexibility index (Phi) is 4.75. The number of benzene rings is 2. The molecule has 0 fully saturated rings. The van der Waals surface area contributed by atoms with E-state index in [0.29, 0.717) is 12.1 Å². The monoisotopic (exact) mass is 361 g/mol. The predicted octanol–water partition coefficient (Wildman–Crippen LogP) is 4.06. The van der Waals surface area contributed by atoms with Crippen LogP contribution in [0.4, 0.5) is 13.2 Å². The highest BCUT2D eigenvalue weighted by atomic mass is 19.4. The van der Waals surface area contributed by atoms with Crippen molar-refractivity contribution in [1.29, 1.82) is 0 Å². The first kappa shape index (κ1) is 17.7. The molecule has 1 N–H and O–H groups in total. The van der Waals surface area contributed by atoms with Gasteiger partial charge >= 0.3 is 6.18 Å². The standard InChI is InChI=1S/C18H14F3N3O2/c1-11(25)22-10-12-6-8-13(9-7-12)17-23-16(24-26-17)14-4-2-3-5-15(14)18(19,20)21/h2-9H,10H2,1H3,(H,22,25). The average molecular weight is 361 g/mol. The first-order valence-corrected chi connectivity index (χ1v) is 7.68. The number of carbonyl (C=O) groups excluding carboxylic acids is 1. The molecule has 0 bridgehead atoms. The average Bonchev–Trinajstić information content (AvgIpc) is 3.09. The van der Waals surface area contributed by atoms with Gasteiger partial charge in [-0.25, -0.2) is 0 Å². The van der Waals surface area contributed by atoms with E-state index in [-0.39, 0.29) is 23.2 Å². The fourth-order valence-electron chi connectivity index (χ4n) is 2.37. The van der Waals surface area contributed by atoms with Crippen LogP contribution in [-0.2, 0) is 17.5 Å². The molecular weight excluding hydrogens is 347 g/mol. The fourth-order valence-corrected chi connectivity index (χ4v) is 2.37. The van der Waals surface area contributed by atoms with Crippen LogP contribution in [0.1, 0.15) is 18.1 Å². The maximum absolute atomic E-state index is 13.1. The van der Waals surface area contributed by atoms with Gasteiger partial charge in [-0.05, 0) is 23.8 Å². The van der Waals surface area contributed by atoms with E-state index in [0.717, 1.165) is 11.6 Å². The van der Waals surface area contributed by atoms with E-state index >= 15 is 0 Å². The van der Waals surface area contributed by atoms with Gasteiger partial charge in [-0.15, -0.1) is 0 Å². The number of hydrogen-bond donors (Lipinski definition) is 1. The number of nitrogens with zero attached hydrogens (tertiary/aromatic N) is 2. The van der Waals surface area contributed by atoms with Crippen LogP contribution < -0.4 is 5.32 Å². The number of nitrogens with one attached hydrogen (secondary N) is 1. The van der Waals surface area contributed by atoms with E-state index in [9.17, 15) is 18.0 Å². The highest BCUT2D eigenvalue weighted by Crippen LogP contribution is 2.36. The summed E-state index contributed by atoms with van der Waals surface area (Å²) in [6.07, 6.45) is -4.51. The summed E-state index contributed by atoms with van der Waals surface area (Å²) < 4.78 is 44.5. The summed E-state index contributed by atoms with van der Waals surface area (Å²) in [6, 6.07) is 12.0. The lowest BCUT2D eigenvalue weighted by Crippen LogP contribution is -2.18. The lowest BCUT2D eigenvalue weighted by atomic mass is 10.1. The molecule has 0 saturated carbocycles. The Bertz CT molecular complexity index is 918. The molecule has 5 nitrogen and oxygen atoms in total. The zero-order valence-electron chi connectivity index (χ0n) is 13.7. The normalized spacial score (nSPS) is 11.4. The minimum absolute atomic E-state index is 0.114. The largest absolute Gasteiger partial charge is 0.417 e. The van der Waals surface area contributed by atoms with Crippen LogP contribution in [0.15, 0.2) is 53.1 Å². The molecule has 1 heterocycles. The van der Waals surface area contributed by atoms with Crippen LogP contribution in [0.5, 0.6) is 0 Å². The number of hydrogen-bond acceptors (Lipinski definition) is 4. The van der Waals surface area contributed by atoms with Crippen molar-refractivity contribution in [2.24, 2.45) is 0 Å². The van der Waals surface area contributed by atoms with Crippen LogP contribution >= 0.6 is 0 Å². The summed E-state index contributed by atoms with van der Waals surface area (Å²) in [6.45, 7) is 1.80. The van der Waals surface area contributed by atoms with Gasteiger partial charge in [0.25, 0.3) is 5.89 Å². The van der Waals surface area contributed by atoms with Crippen molar-refractivity contribution in [2.45, 2.75) is 19.6 Å². The van der Waals surface area contributed by atoms with Gasteiger partial charge in [-0.2, -0.15) is 18.2 Å². The summed E-state index contributed by atoms with van der Waals surface area (Å²) in [5.74, 6) is -0.155. The van der Waals surface area contributed by atoms with Crippen LogP contribution in [0.2, 0.25) is 0 Å². The Hall–Kier alpha value is -3.16. The molecule has 0 radical (unpaired) electrons. The highest BCUT2D eigenvalue weighted by Gasteiger charge is 2.34. The number of amides is 1. The Labute approximate surface area is 146 Å². The quantitative estimate of drug-likeness (QED) is 0.761.